The van der Waals surface area contributed by atoms with Crippen molar-refractivity contribution in [2.75, 3.05) is 12.3 Å². The van der Waals surface area contributed by atoms with Gasteiger partial charge in [-0.2, -0.15) is 0 Å². The molecule has 0 bridgehead atoms. The van der Waals surface area contributed by atoms with Crippen molar-refractivity contribution >= 4 is 17.7 Å². The summed E-state index contributed by atoms with van der Waals surface area (Å²) in [6, 6.07) is 1.40. The summed E-state index contributed by atoms with van der Waals surface area (Å²) in [5.74, 6) is 0.647. The average Bonchev–Trinajstić information content (AvgIpc) is 2.69. The second-order valence-electron chi connectivity index (χ2n) is 4.15. The van der Waals surface area contributed by atoms with Gasteiger partial charge in [-0.25, -0.2) is 4.98 Å². The Morgan fingerprint density at radius 2 is 2.56 bits per heavy atom. The molecule has 18 heavy (non-hydrogen) atoms. The molecule has 1 atom stereocenters. The minimum atomic E-state index is -0.101. The van der Waals surface area contributed by atoms with Gasteiger partial charge in [0.15, 0.2) is 5.16 Å². The van der Waals surface area contributed by atoms with E-state index in [-0.39, 0.29) is 17.5 Å². The molecule has 6 heteroatoms. The number of hydrogen-bond donors (Lipinski definition) is 1. The molecule has 0 aliphatic carbocycles. The lowest BCUT2D eigenvalue weighted by Gasteiger charge is -2.12. The number of nitrogens with one attached hydrogen (secondary N) is 1. The molecule has 1 aliphatic heterocycles. The monoisotopic (exact) mass is 265 g/mol. The van der Waals surface area contributed by atoms with Gasteiger partial charge in [0.05, 0.1) is 6.04 Å². The summed E-state index contributed by atoms with van der Waals surface area (Å²) in [6.45, 7) is 5.79. The van der Waals surface area contributed by atoms with E-state index in [1.54, 1.807) is 17.6 Å². The van der Waals surface area contributed by atoms with Crippen LogP contribution in [-0.2, 0) is 4.79 Å². The summed E-state index contributed by atoms with van der Waals surface area (Å²) in [4.78, 5) is 27.9. The number of hydrogen-bond acceptors (Lipinski definition) is 4. The smallest absolute Gasteiger partial charge is 0.254 e. The first-order valence-corrected chi connectivity index (χ1v) is 6.71. The van der Waals surface area contributed by atoms with E-state index in [4.69, 9.17) is 0 Å². The van der Waals surface area contributed by atoms with Gasteiger partial charge in [0.1, 0.15) is 0 Å². The number of thioether (sulfide) groups is 1. The molecule has 0 spiro atoms. The molecule has 96 valence electrons. The maximum absolute atomic E-state index is 11.9. The van der Waals surface area contributed by atoms with Crippen LogP contribution in [-0.4, -0.2) is 27.8 Å². The highest BCUT2D eigenvalue weighted by molar-refractivity contribution is 7.99. The molecule has 2 heterocycles. The zero-order valence-corrected chi connectivity index (χ0v) is 11.0. The van der Waals surface area contributed by atoms with E-state index in [1.807, 2.05) is 0 Å². The second kappa shape index (κ2) is 5.39. The van der Waals surface area contributed by atoms with Crippen LogP contribution in [0.3, 0.4) is 0 Å². The molecular formula is C12H15N3O2S. The van der Waals surface area contributed by atoms with Crippen LogP contribution in [0.4, 0.5) is 0 Å². The Bertz CT molecular complexity index is 539. The molecule has 0 saturated carbocycles. The molecule has 1 aliphatic rings. The first-order chi connectivity index (χ1) is 8.61. The molecule has 1 amide bonds. The van der Waals surface area contributed by atoms with Crippen molar-refractivity contribution in [2.45, 2.75) is 24.5 Å². The lowest BCUT2D eigenvalue weighted by atomic mass is 10.2. The maximum Gasteiger partial charge on any atom is 0.254 e. The van der Waals surface area contributed by atoms with Crippen LogP contribution in [0.25, 0.3) is 0 Å². The predicted octanol–water partition coefficient (Wildman–Crippen LogP) is 0.891. The third kappa shape index (κ3) is 2.64. The number of amides is 1. The molecular weight excluding hydrogens is 250 g/mol. The van der Waals surface area contributed by atoms with Gasteiger partial charge in [0.25, 0.3) is 5.56 Å². The van der Waals surface area contributed by atoms with E-state index in [0.29, 0.717) is 23.9 Å². The van der Waals surface area contributed by atoms with E-state index in [2.05, 4.69) is 16.9 Å². The van der Waals surface area contributed by atoms with Gasteiger partial charge < -0.3 is 5.32 Å². The van der Waals surface area contributed by atoms with E-state index < -0.39 is 0 Å². The number of carbonyl (C=O) groups is 1. The van der Waals surface area contributed by atoms with Crippen LogP contribution in [0.1, 0.15) is 18.2 Å². The van der Waals surface area contributed by atoms with Crippen molar-refractivity contribution in [3.05, 3.63) is 34.8 Å². The minimum absolute atomic E-state index is 0.0687. The summed E-state index contributed by atoms with van der Waals surface area (Å²) in [5, 5.41) is 3.43. The lowest BCUT2D eigenvalue weighted by molar-refractivity contribution is -0.121. The van der Waals surface area contributed by atoms with Crippen molar-refractivity contribution in [1.82, 2.24) is 14.9 Å². The Kier molecular flexibility index (Phi) is 3.86. The maximum atomic E-state index is 11.9. The van der Waals surface area contributed by atoms with Gasteiger partial charge in [-0.15, -0.1) is 6.58 Å². The Morgan fingerprint density at radius 3 is 3.28 bits per heavy atom. The Balaban J connectivity index is 2.14. The zero-order valence-electron chi connectivity index (χ0n) is 10.2. The summed E-state index contributed by atoms with van der Waals surface area (Å²) < 4.78 is 1.62. The highest BCUT2D eigenvalue weighted by Gasteiger charge is 2.27. The largest absolute Gasteiger partial charge is 0.353 e. The molecule has 1 aromatic heterocycles. The SMILES string of the molecule is C=CCNC(=O)CC1CSc2nc(C)cc(=O)n21. The van der Waals surface area contributed by atoms with Gasteiger partial charge in [0, 0.05) is 30.5 Å². The van der Waals surface area contributed by atoms with Crippen LogP contribution < -0.4 is 10.9 Å². The van der Waals surface area contributed by atoms with E-state index >= 15 is 0 Å². The van der Waals surface area contributed by atoms with Crippen LogP contribution in [0.5, 0.6) is 0 Å². The van der Waals surface area contributed by atoms with Crippen LogP contribution >= 0.6 is 11.8 Å². The van der Waals surface area contributed by atoms with Gasteiger partial charge >= 0.3 is 0 Å². The van der Waals surface area contributed by atoms with Crippen molar-refractivity contribution in [3.8, 4) is 0 Å². The van der Waals surface area contributed by atoms with Crippen LogP contribution in [0.2, 0.25) is 0 Å². The number of aromatic nitrogens is 2. The number of carbonyl (C=O) groups excluding carboxylic acids is 1. The van der Waals surface area contributed by atoms with Crippen molar-refractivity contribution in [2.24, 2.45) is 0 Å². The predicted molar refractivity (Wildman–Crippen MR) is 70.8 cm³/mol. The molecule has 1 N–H and O–H groups in total. The Labute approximate surface area is 109 Å². The summed E-state index contributed by atoms with van der Waals surface area (Å²) in [5.41, 5.74) is 0.638. The quantitative estimate of drug-likeness (QED) is 0.648. The molecule has 0 aromatic carbocycles. The van der Waals surface area contributed by atoms with Crippen LogP contribution in [0, 0.1) is 6.92 Å². The normalized spacial score (nSPS) is 17.3. The first kappa shape index (κ1) is 12.9. The molecule has 1 aromatic rings. The minimum Gasteiger partial charge on any atom is -0.353 e. The second-order valence-corrected chi connectivity index (χ2v) is 5.14. The summed E-state index contributed by atoms with van der Waals surface area (Å²) in [7, 11) is 0. The first-order valence-electron chi connectivity index (χ1n) is 5.72. The standard InChI is InChI=1S/C12H15N3O2S/c1-3-4-13-10(16)6-9-7-18-12-14-8(2)5-11(17)15(9)12/h3,5,9H,1,4,6-7H2,2H3,(H,13,16). The van der Waals surface area contributed by atoms with Crippen molar-refractivity contribution < 1.29 is 4.79 Å². The topological polar surface area (TPSA) is 64.0 Å². The highest BCUT2D eigenvalue weighted by Crippen LogP contribution is 2.31. The fraction of sp³-hybridized carbons (Fsp3) is 0.417. The molecule has 0 fully saturated rings. The zero-order chi connectivity index (χ0) is 13.1. The molecule has 0 radical (unpaired) electrons. The number of nitrogens with zero attached hydrogens (tertiary/aromatic N) is 2. The van der Waals surface area contributed by atoms with E-state index in [1.165, 1.54) is 17.8 Å². The van der Waals surface area contributed by atoms with Gasteiger partial charge in [-0.3, -0.25) is 14.2 Å². The van der Waals surface area contributed by atoms with Gasteiger partial charge in [-0.05, 0) is 6.92 Å². The number of aryl methyl sites for hydroxylation is 1. The molecule has 2 rings (SSSR count). The van der Waals surface area contributed by atoms with Crippen molar-refractivity contribution in [3.63, 3.8) is 0 Å². The third-order valence-electron chi connectivity index (χ3n) is 2.68. The molecule has 5 nitrogen and oxygen atoms in total. The van der Waals surface area contributed by atoms with Crippen molar-refractivity contribution in [1.29, 1.82) is 0 Å². The Morgan fingerprint density at radius 1 is 1.78 bits per heavy atom. The van der Waals surface area contributed by atoms with E-state index in [0.717, 1.165) is 5.69 Å². The molecule has 0 saturated heterocycles. The lowest BCUT2D eigenvalue weighted by Crippen LogP contribution is -2.30. The Hall–Kier alpha value is -1.56. The average molecular weight is 265 g/mol. The highest BCUT2D eigenvalue weighted by atomic mass is 32.2. The van der Waals surface area contributed by atoms with Crippen LogP contribution in [0.15, 0.2) is 28.7 Å². The van der Waals surface area contributed by atoms with Gasteiger partial charge in [-0.1, -0.05) is 17.8 Å². The van der Waals surface area contributed by atoms with Gasteiger partial charge in [0.2, 0.25) is 5.91 Å². The fourth-order valence-corrected chi connectivity index (χ4v) is 3.08. The van der Waals surface area contributed by atoms with E-state index in [9.17, 15) is 9.59 Å². The molecule has 1 unspecified atom stereocenters. The summed E-state index contributed by atoms with van der Waals surface area (Å²) in [6.07, 6.45) is 1.94. The third-order valence-corrected chi connectivity index (χ3v) is 3.78. The number of rotatable bonds is 4. The fourth-order valence-electron chi connectivity index (χ4n) is 1.89. The number of fused-ring (bicyclic) bond motifs is 1. The summed E-state index contributed by atoms with van der Waals surface area (Å²) >= 11 is 1.52.